The highest BCUT2D eigenvalue weighted by atomic mass is 35.5. The first-order chi connectivity index (χ1) is 29.4. The van der Waals surface area contributed by atoms with Crippen molar-refractivity contribution >= 4 is 123 Å². The van der Waals surface area contributed by atoms with Crippen LogP contribution in [-0.4, -0.2) is 106 Å². The van der Waals surface area contributed by atoms with Crippen molar-refractivity contribution in [2.24, 2.45) is 15.2 Å². The van der Waals surface area contributed by atoms with Crippen LogP contribution in [0.3, 0.4) is 0 Å². The highest BCUT2D eigenvalue weighted by molar-refractivity contribution is 7.91. The second kappa shape index (κ2) is 17.1. The van der Waals surface area contributed by atoms with Gasteiger partial charge in [-0.1, -0.05) is 18.2 Å². The zero-order valence-electron chi connectivity index (χ0n) is 30.9. The molecule has 1 aromatic heterocycles. The van der Waals surface area contributed by atoms with E-state index in [4.69, 9.17) is 16.2 Å². The summed E-state index contributed by atoms with van der Waals surface area (Å²) in [6, 6.07) is 11.2. The van der Waals surface area contributed by atoms with Gasteiger partial charge >= 0.3 is 10.4 Å². The van der Waals surface area contributed by atoms with Crippen LogP contribution >= 0.6 is 11.6 Å². The Balaban J connectivity index is 1.50. The standard InChI is InChI=1S/C31H24ClN7O19S6/c32-29-35-30(33-16-4-6-17(7-5-16)59(41,42)11-10-58-64(55,56)57)37-31(36-29)34-22-14-18(60(43,44)45)12-15-13-24(62(49,50)51)26(27(40)25(15)22)39-38-21-9-8-19-20(28(21)63(52,53)54)2-1-3-23(19)61(46,47)48/h1-9,12-14,40H,10-11H2,(H,43,44,45)(H,46,47,48)(H,49,50,51)(H,52,53,54)(H,55,56,57)(H2,33,34,35,36,37). The fourth-order valence-corrected chi connectivity index (χ4v) is 10.2. The van der Waals surface area contributed by atoms with Crippen LogP contribution in [0.1, 0.15) is 0 Å². The van der Waals surface area contributed by atoms with Gasteiger partial charge in [-0.15, -0.1) is 10.2 Å². The maximum Gasteiger partial charge on any atom is 0.397 e. The fourth-order valence-electron chi connectivity index (χ4n) is 5.77. The summed E-state index contributed by atoms with van der Waals surface area (Å²) in [6.45, 7) is -0.887. The number of hydrogen-bond acceptors (Lipinski definition) is 20. The van der Waals surface area contributed by atoms with Gasteiger partial charge in [0, 0.05) is 16.5 Å². The topological polar surface area (TPSA) is 426 Å². The molecule has 0 bridgehead atoms. The summed E-state index contributed by atoms with van der Waals surface area (Å²) in [6.07, 6.45) is 0. The molecule has 0 aliphatic rings. The zero-order valence-corrected chi connectivity index (χ0v) is 36.6. The number of aromatic nitrogens is 3. The molecule has 26 nitrogen and oxygen atoms in total. The first kappa shape index (κ1) is 47.8. The van der Waals surface area contributed by atoms with Crippen LogP contribution in [0, 0.1) is 0 Å². The molecule has 0 saturated heterocycles. The van der Waals surface area contributed by atoms with Crippen LogP contribution in [0.2, 0.25) is 5.28 Å². The normalized spacial score (nSPS) is 13.6. The van der Waals surface area contributed by atoms with E-state index in [1.807, 2.05) is 0 Å². The number of H-pyrrole nitrogens is 1. The van der Waals surface area contributed by atoms with Gasteiger partial charge in [-0.05, 0) is 71.6 Å². The minimum atomic E-state index is -5.47. The van der Waals surface area contributed by atoms with Crippen molar-refractivity contribution < 1.29 is 82.6 Å². The fraction of sp³-hybridized carbons (Fsp3) is 0.0645. The third kappa shape index (κ3) is 10.8. The number of anilines is 2. The van der Waals surface area contributed by atoms with Gasteiger partial charge in [0.15, 0.2) is 15.6 Å². The molecule has 6 aromatic rings. The molecular formula is C31H24ClN7O19S6. The number of sulfone groups is 1. The van der Waals surface area contributed by atoms with E-state index in [0.717, 1.165) is 42.5 Å². The number of phenolic OH excluding ortho intramolecular Hbond substituents is 1. The number of nitrogens with zero attached hydrogens (tertiary/aromatic N) is 5. The second-order valence-corrected chi connectivity index (χ2v) is 21.7. The van der Waals surface area contributed by atoms with Crippen molar-refractivity contribution in [2.45, 2.75) is 24.5 Å². The number of nitrogens with one attached hydrogen (secondary N) is 2. The number of phenols is 1. The summed E-state index contributed by atoms with van der Waals surface area (Å²) in [5.41, 5.74) is -3.03. The lowest BCUT2D eigenvalue weighted by Crippen LogP contribution is -2.16. The largest absolute Gasteiger partial charge is 0.505 e. The van der Waals surface area contributed by atoms with Crippen molar-refractivity contribution in [3.8, 4) is 5.75 Å². The van der Waals surface area contributed by atoms with E-state index < -0.39 is 148 Å². The van der Waals surface area contributed by atoms with Crippen LogP contribution in [0.15, 0.2) is 112 Å². The van der Waals surface area contributed by atoms with Crippen LogP contribution < -0.4 is 10.9 Å². The van der Waals surface area contributed by atoms with Gasteiger partial charge in [-0.2, -0.15) is 52.1 Å². The van der Waals surface area contributed by atoms with Crippen LogP contribution in [-0.2, 0) is 64.9 Å². The van der Waals surface area contributed by atoms with E-state index in [1.54, 1.807) is 0 Å². The average molecular weight is 1030 g/mol. The number of azo groups is 1. The summed E-state index contributed by atoms with van der Waals surface area (Å²) in [5.74, 6) is -2.43. The Labute approximate surface area is 364 Å². The second-order valence-electron chi connectivity index (χ2n) is 12.6. The molecule has 0 saturated carbocycles. The number of halogens is 1. The maximum absolute atomic E-state index is 12.6. The molecule has 33 heteroatoms. The van der Waals surface area contributed by atoms with E-state index >= 15 is 0 Å². The first-order valence-corrected chi connectivity index (χ1v) is 25.7. The van der Waals surface area contributed by atoms with Gasteiger partial charge in [-0.25, -0.2) is 17.6 Å². The summed E-state index contributed by atoms with van der Waals surface area (Å²) >= 11 is 6.14. The first-order valence-electron chi connectivity index (χ1n) is 16.5. The Bertz CT molecular complexity index is 3740. The summed E-state index contributed by atoms with van der Waals surface area (Å²) < 4.78 is 198. The smallest absolute Gasteiger partial charge is 0.397 e. The van der Waals surface area contributed by atoms with Gasteiger partial charge in [0.2, 0.25) is 16.9 Å². The van der Waals surface area contributed by atoms with Crippen LogP contribution in [0.5, 0.6) is 5.75 Å². The van der Waals surface area contributed by atoms with Gasteiger partial charge < -0.3 is 10.4 Å². The van der Waals surface area contributed by atoms with Gasteiger partial charge in [-0.3, -0.25) is 27.7 Å². The summed E-state index contributed by atoms with van der Waals surface area (Å²) in [4.78, 5) is 10.1. The highest BCUT2D eigenvalue weighted by Crippen LogP contribution is 2.46. The van der Waals surface area contributed by atoms with E-state index in [0.29, 0.717) is 18.2 Å². The quantitative estimate of drug-likeness (QED) is 0.0572. The minimum absolute atomic E-state index is 0.119. The lowest BCUT2D eigenvalue weighted by Gasteiger charge is -2.13. The molecule has 0 atom stereocenters. The number of aromatic amines is 1. The Morgan fingerprint density at radius 2 is 1.33 bits per heavy atom. The number of hydrogen-bond donors (Lipinski definition) is 8. The highest BCUT2D eigenvalue weighted by Gasteiger charge is 2.28. The van der Waals surface area contributed by atoms with Crippen molar-refractivity contribution in [1.29, 1.82) is 0 Å². The number of aromatic hydroxyl groups is 1. The molecule has 64 heavy (non-hydrogen) atoms. The lowest BCUT2D eigenvalue weighted by atomic mass is 10.1. The molecule has 6 rings (SSSR count). The van der Waals surface area contributed by atoms with E-state index in [1.165, 1.54) is 12.1 Å². The molecule has 0 aliphatic heterocycles. The lowest BCUT2D eigenvalue weighted by molar-refractivity contribution is 0.284. The zero-order chi connectivity index (χ0) is 47.4. The Kier molecular flexibility index (Phi) is 12.8. The third-order valence-electron chi connectivity index (χ3n) is 8.33. The molecule has 5 aromatic carbocycles. The Morgan fingerprint density at radius 3 is 1.92 bits per heavy atom. The average Bonchev–Trinajstić information content (AvgIpc) is 3.14. The van der Waals surface area contributed by atoms with Gasteiger partial charge in [0.05, 0.1) is 33.2 Å². The monoisotopic (exact) mass is 1020 g/mol. The van der Waals surface area contributed by atoms with Gasteiger partial charge in [0.25, 0.3) is 40.5 Å². The third-order valence-corrected chi connectivity index (χ3v) is 14.2. The molecule has 0 aliphatic carbocycles. The number of benzene rings is 5. The van der Waals surface area contributed by atoms with Crippen molar-refractivity contribution in [2.75, 3.05) is 17.7 Å². The van der Waals surface area contributed by atoms with E-state index in [9.17, 15) is 73.8 Å². The molecule has 0 fully saturated rings. The van der Waals surface area contributed by atoms with Crippen LogP contribution in [0.4, 0.5) is 28.7 Å². The predicted octanol–water partition coefficient (Wildman–Crippen LogP) is 3.44. The molecule has 0 unspecified atom stereocenters. The molecule has 8 N–H and O–H groups in total. The van der Waals surface area contributed by atoms with Gasteiger partial charge in [0.1, 0.15) is 26.1 Å². The Hall–Kier alpha value is -5.62. The number of rotatable bonds is 14. The van der Waals surface area contributed by atoms with Crippen molar-refractivity contribution in [1.82, 2.24) is 15.0 Å². The predicted molar refractivity (Wildman–Crippen MR) is 219 cm³/mol. The molecule has 0 spiro atoms. The number of fused-ring (bicyclic) bond motifs is 2. The SMILES string of the molecule is O=S(=O)(O)OCCS(=O)(=O)c1ccc(Nc2nc(Cl)[nH]c(=Nc3cc(S(=O)(=O)O)cc4cc(S(=O)(=O)O)c(N=Nc5ccc6c(S(=O)(=O)O)cccc6c5S(=O)(=O)O)c(O)c34)n2)cc1. The van der Waals surface area contributed by atoms with Crippen molar-refractivity contribution in [3.63, 3.8) is 0 Å². The van der Waals surface area contributed by atoms with E-state index in [-0.39, 0.29) is 16.5 Å². The molecule has 0 radical (unpaired) electrons. The molecule has 1 heterocycles. The van der Waals surface area contributed by atoms with Crippen molar-refractivity contribution in [3.05, 3.63) is 83.7 Å². The molecular weight excluding hydrogens is 1000 g/mol. The van der Waals surface area contributed by atoms with Crippen LogP contribution in [0.25, 0.3) is 21.5 Å². The Morgan fingerprint density at radius 1 is 0.672 bits per heavy atom. The van der Waals surface area contributed by atoms with E-state index in [2.05, 4.69) is 39.7 Å². The maximum atomic E-state index is 12.6. The summed E-state index contributed by atoms with van der Waals surface area (Å²) in [5, 5.41) is 19.0. The minimum Gasteiger partial charge on any atom is -0.505 e. The molecule has 0 amide bonds. The molecule has 340 valence electrons. The summed E-state index contributed by atoms with van der Waals surface area (Å²) in [7, 11) is -29.9.